The molecule has 22 heavy (non-hydrogen) atoms. The highest BCUT2D eigenvalue weighted by Gasteiger charge is 2.47. The highest BCUT2D eigenvalue weighted by Crippen LogP contribution is 2.29. The molecule has 0 aliphatic heterocycles. The molecule has 1 saturated carbocycles. The Morgan fingerprint density at radius 2 is 0.864 bits per heavy atom. The largest absolute Gasteiger partial charge is 0.458 e. The fourth-order valence-corrected chi connectivity index (χ4v) is 2.43. The minimum Gasteiger partial charge on any atom is -0.458 e. The van der Waals surface area contributed by atoms with Crippen molar-refractivity contribution in [2.24, 2.45) is 0 Å². The highest BCUT2D eigenvalue weighted by atomic mass is 16.6. The SMILES string of the molecule is CC(=O)O[C@@H]1[C@@H](OC(C)=O)[C@@H](OC(C)=O)CC[C@@H]1OC(C)=O. The molecule has 1 fully saturated rings. The third-order valence-corrected chi connectivity index (χ3v) is 3.03. The van der Waals surface area contributed by atoms with Crippen molar-refractivity contribution < 1.29 is 38.1 Å². The van der Waals surface area contributed by atoms with Crippen molar-refractivity contribution in [1.29, 1.82) is 0 Å². The van der Waals surface area contributed by atoms with Crippen molar-refractivity contribution in [2.75, 3.05) is 0 Å². The van der Waals surface area contributed by atoms with Crippen molar-refractivity contribution in [1.82, 2.24) is 0 Å². The number of hydrogen-bond acceptors (Lipinski definition) is 8. The normalized spacial score (nSPS) is 27.5. The average Bonchev–Trinajstić information content (AvgIpc) is 2.34. The molecule has 0 aromatic heterocycles. The van der Waals surface area contributed by atoms with Crippen LogP contribution in [0.1, 0.15) is 40.5 Å². The van der Waals surface area contributed by atoms with Crippen molar-refractivity contribution in [2.45, 2.75) is 65.0 Å². The molecule has 0 saturated heterocycles. The van der Waals surface area contributed by atoms with Gasteiger partial charge in [0.25, 0.3) is 0 Å². The Bertz CT molecular complexity index is 416. The van der Waals surface area contributed by atoms with Gasteiger partial charge in [0.2, 0.25) is 0 Å². The second kappa shape index (κ2) is 7.77. The van der Waals surface area contributed by atoms with Crippen LogP contribution in [0.4, 0.5) is 0 Å². The van der Waals surface area contributed by atoms with Gasteiger partial charge in [-0.25, -0.2) is 0 Å². The van der Waals surface area contributed by atoms with E-state index in [9.17, 15) is 19.2 Å². The first-order valence-corrected chi connectivity index (χ1v) is 6.89. The standard InChI is InChI=1S/C14H20O8/c1-7(15)19-11-5-6-12(20-8(2)16)14(22-10(4)18)13(11)21-9(3)17/h11-14H,5-6H2,1-4H3/t11-,12-,13-,14-/m0/s1. The van der Waals surface area contributed by atoms with E-state index >= 15 is 0 Å². The van der Waals surface area contributed by atoms with Crippen LogP contribution in [0.15, 0.2) is 0 Å². The smallest absolute Gasteiger partial charge is 0.303 e. The zero-order valence-electron chi connectivity index (χ0n) is 13.0. The van der Waals surface area contributed by atoms with Crippen molar-refractivity contribution >= 4 is 23.9 Å². The summed E-state index contributed by atoms with van der Waals surface area (Å²) in [7, 11) is 0. The Morgan fingerprint density at radius 3 is 1.09 bits per heavy atom. The van der Waals surface area contributed by atoms with Gasteiger partial charge in [-0.1, -0.05) is 0 Å². The lowest BCUT2D eigenvalue weighted by Gasteiger charge is -2.39. The van der Waals surface area contributed by atoms with E-state index in [0.29, 0.717) is 12.8 Å². The van der Waals surface area contributed by atoms with Crippen LogP contribution >= 0.6 is 0 Å². The molecule has 0 N–H and O–H groups in total. The van der Waals surface area contributed by atoms with Gasteiger partial charge in [0.1, 0.15) is 12.2 Å². The van der Waals surface area contributed by atoms with Gasteiger partial charge in [-0.2, -0.15) is 0 Å². The maximum atomic E-state index is 11.3. The summed E-state index contributed by atoms with van der Waals surface area (Å²) in [6.45, 7) is 4.82. The average molecular weight is 316 g/mol. The summed E-state index contributed by atoms with van der Waals surface area (Å²) in [5, 5.41) is 0. The number of carbonyl (C=O) groups excluding carboxylic acids is 4. The molecule has 0 spiro atoms. The molecule has 0 radical (unpaired) electrons. The van der Waals surface area contributed by atoms with E-state index in [2.05, 4.69) is 0 Å². The summed E-state index contributed by atoms with van der Waals surface area (Å²) < 4.78 is 20.5. The van der Waals surface area contributed by atoms with Crippen molar-refractivity contribution in [3.05, 3.63) is 0 Å². The van der Waals surface area contributed by atoms with Crippen LogP contribution in [0.2, 0.25) is 0 Å². The van der Waals surface area contributed by atoms with Gasteiger partial charge in [0.15, 0.2) is 12.2 Å². The van der Waals surface area contributed by atoms with E-state index in [-0.39, 0.29) is 0 Å². The Balaban J connectivity index is 3.03. The van der Waals surface area contributed by atoms with Crippen LogP contribution < -0.4 is 0 Å². The van der Waals surface area contributed by atoms with Crippen LogP contribution in [0.3, 0.4) is 0 Å². The molecular formula is C14H20O8. The first-order chi connectivity index (χ1) is 10.2. The fraction of sp³-hybridized carbons (Fsp3) is 0.714. The summed E-state index contributed by atoms with van der Waals surface area (Å²) in [6, 6.07) is 0. The van der Waals surface area contributed by atoms with Gasteiger partial charge in [0.05, 0.1) is 0 Å². The predicted molar refractivity (Wildman–Crippen MR) is 71.5 cm³/mol. The van der Waals surface area contributed by atoms with E-state index in [1.54, 1.807) is 0 Å². The maximum Gasteiger partial charge on any atom is 0.303 e. The number of esters is 4. The minimum atomic E-state index is -1.02. The highest BCUT2D eigenvalue weighted by molar-refractivity contribution is 5.69. The van der Waals surface area contributed by atoms with Crippen LogP contribution in [-0.2, 0) is 38.1 Å². The Kier molecular flexibility index (Phi) is 6.33. The Morgan fingerprint density at radius 1 is 0.591 bits per heavy atom. The van der Waals surface area contributed by atoms with E-state index in [1.807, 2.05) is 0 Å². The number of ether oxygens (including phenoxy) is 4. The van der Waals surface area contributed by atoms with Crippen LogP contribution in [0.25, 0.3) is 0 Å². The third kappa shape index (κ3) is 5.34. The molecule has 0 aromatic carbocycles. The first-order valence-electron chi connectivity index (χ1n) is 6.89. The molecule has 124 valence electrons. The van der Waals surface area contributed by atoms with Crippen LogP contribution in [0.5, 0.6) is 0 Å². The summed E-state index contributed by atoms with van der Waals surface area (Å²) in [5.41, 5.74) is 0. The number of rotatable bonds is 4. The molecule has 1 aliphatic rings. The zero-order valence-corrected chi connectivity index (χ0v) is 13.0. The second-order valence-corrected chi connectivity index (χ2v) is 5.02. The topological polar surface area (TPSA) is 105 Å². The quantitative estimate of drug-likeness (QED) is 0.545. The lowest BCUT2D eigenvalue weighted by atomic mass is 9.88. The zero-order chi connectivity index (χ0) is 16.9. The lowest BCUT2D eigenvalue weighted by Crippen LogP contribution is -2.55. The number of hydrogen-bond donors (Lipinski definition) is 0. The number of carbonyl (C=O) groups is 4. The molecule has 0 heterocycles. The molecule has 4 atom stereocenters. The molecule has 1 aliphatic carbocycles. The molecule has 8 nitrogen and oxygen atoms in total. The van der Waals surface area contributed by atoms with E-state index in [4.69, 9.17) is 18.9 Å². The maximum absolute atomic E-state index is 11.3. The monoisotopic (exact) mass is 316 g/mol. The first kappa shape index (κ1) is 17.9. The Labute approximate surface area is 128 Å². The van der Waals surface area contributed by atoms with Gasteiger partial charge in [-0.3, -0.25) is 19.2 Å². The summed E-state index contributed by atoms with van der Waals surface area (Å²) in [5.74, 6) is -2.34. The molecule has 0 bridgehead atoms. The molecule has 0 aromatic rings. The summed E-state index contributed by atoms with van der Waals surface area (Å²) >= 11 is 0. The molecular weight excluding hydrogens is 296 g/mol. The summed E-state index contributed by atoms with van der Waals surface area (Å²) in [4.78, 5) is 44.9. The van der Waals surface area contributed by atoms with Gasteiger partial charge in [0, 0.05) is 27.7 Å². The van der Waals surface area contributed by atoms with E-state index < -0.39 is 48.3 Å². The van der Waals surface area contributed by atoms with Crippen molar-refractivity contribution in [3.8, 4) is 0 Å². The third-order valence-electron chi connectivity index (χ3n) is 3.03. The molecule has 1 rings (SSSR count). The van der Waals surface area contributed by atoms with Gasteiger partial charge in [-0.05, 0) is 12.8 Å². The lowest BCUT2D eigenvalue weighted by molar-refractivity contribution is -0.209. The fourth-order valence-electron chi connectivity index (χ4n) is 2.43. The Hall–Kier alpha value is -2.12. The van der Waals surface area contributed by atoms with Crippen LogP contribution in [-0.4, -0.2) is 48.3 Å². The second-order valence-electron chi connectivity index (χ2n) is 5.02. The van der Waals surface area contributed by atoms with Gasteiger partial charge >= 0.3 is 23.9 Å². The summed E-state index contributed by atoms with van der Waals surface area (Å²) in [6.07, 6.45) is -2.96. The predicted octanol–water partition coefficient (Wildman–Crippen LogP) is 0.507. The molecule has 8 heteroatoms. The molecule has 0 amide bonds. The van der Waals surface area contributed by atoms with E-state index in [0.717, 1.165) is 0 Å². The van der Waals surface area contributed by atoms with Crippen LogP contribution in [0, 0.1) is 0 Å². The van der Waals surface area contributed by atoms with Gasteiger partial charge < -0.3 is 18.9 Å². The van der Waals surface area contributed by atoms with Crippen molar-refractivity contribution in [3.63, 3.8) is 0 Å². The van der Waals surface area contributed by atoms with Gasteiger partial charge in [-0.15, -0.1) is 0 Å². The van der Waals surface area contributed by atoms with E-state index in [1.165, 1.54) is 27.7 Å². The minimum absolute atomic E-state index is 0.313. The molecule has 0 unspecified atom stereocenters.